The lowest BCUT2D eigenvalue weighted by atomic mass is 10.3. The van der Waals surface area contributed by atoms with Gasteiger partial charge >= 0.3 is 0 Å². The minimum absolute atomic E-state index is 0.0128. The summed E-state index contributed by atoms with van der Waals surface area (Å²) in [5.41, 5.74) is 0.545. The molecule has 0 saturated heterocycles. The lowest BCUT2D eigenvalue weighted by Gasteiger charge is -2.10. The van der Waals surface area contributed by atoms with E-state index in [4.69, 9.17) is 4.74 Å². The van der Waals surface area contributed by atoms with Crippen molar-refractivity contribution in [3.63, 3.8) is 0 Å². The van der Waals surface area contributed by atoms with Crippen LogP contribution in [-0.2, 0) is 4.74 Å². The van der Waals surface area contributed by atoms with Crippen LogP contribution in [0.4, 0.5) is 0 Å². The number of carbonyl (C=O) groups is 1. The van der Waals surface area contributed by atoms with Crippen LogP contribution in [0, 0.1) is 0 Å². The third-order valence-corrected chi connectivity index (χ3v) is 2.83. The average Bonchev–Trinajstić information content (AvgIpc) is 2.63. The van der Waals surface area contributed by atoms with Crippen molar-refractivity contribution in [1.29, 1.82) is 0 Å². The number of carbonyl (C=O) groups excluding carboxylic acids is 1. The van der Waals surface area contributed by atoms with Gasteiger partial charge in [-0.05, 0) is 13.3 Å². The van der Waals surface area contributed by atoms with Gasteiger partial charge in [0.1, 0.15) is 16.8 Å². The molecule has 0 bridgehead atoms. The Morgan fingerprint density at radius 2 is 2.36 bits per heavy atom. The molecule has 0 aromatic carbocycles. The molecule has 1 heterocycles. The lowest BCUT2D eigenvalue weighted by molar-refractivity contribution is 0.0595. The fourth-order valence-corrected chi connectivity index (χ4v) is 2.15. The minimum Gasteiger partial charge on any atom is -0.371 e. The molecule has 0 saturated carbocycles. The summed E-state index contributed by atoms with van der Waals surface area (Å²) in [4.78, 5) is 15.3. The SMILES string of the molecule is CCOC(CC)c1nc(C(C)=O)cs1. The van der Waals surface area contributed by atoms with Gasteiger partial charge in [-0.1, -0.05) is 6.92 Å². The third-order valence-electron chi connectivity index (χ3n) is 1.90. The van der Waals surface area contributed by atoms with Crippen molar-refractivity contribution >= 4 is 17.1 Å². The molecule has 0 aliphatic carbocycles. The van der Waals surface area contributed by atoms with Crippen molar-refractivity contribution in [2.24, 2.45) is 0 Å². The van der Waals surface area contributed by atoms with E-state index >= 15 is 0 Å². The average molecular weight is 213 g/mol. The maximum atomic E-state index is 11.0. The Morgan fingerprint density at radius 1 is 1.64 bits per heavy atom. The molecule has 14 heavy (non-hydrogen) atoms. The molecular formula is C10H15NO2S. The highest BCUT2D eigenvalue weighted by molar-refractivity contribution is 7.09. The van der Waals surface area contributed by atoms with Crippen LogP contribution in [0.15, 0.2) is 5.38 Å². The van der Waals surface area contributed by atoms with Crippen LogP contribution in [0.3, 0.4) is 0 Å². The summed E-state index contributed by atoms with van der Waals surface area (Å²) < 4.78 is 5.51. The molecule has 0 N–H and O–H groups in total. The van der Waals surface area contributed by atoms with Crippen LogP contribution in [0.1, 0.15) is 48.8 Å². The highest BCUT2D eigenvalue weighted by atomic mass is 32.1. The first-order chi connectivity index (χ1) is 6.69. The zero-order valence-corrected chi connectivity index (χ0v) is 9.56. The maximum absolute atomic E-state index is 11.0. The minimum atomic E-state index is 0.0128. The van der Waals surface area contributed by atoms with Gasteiger partial charge in [-0.3, -0.25) is 4.79 Å². The van der Waals surface area contributed by atoms with Gasteiger partial charge in [0, 0.05) is 18.9 Å². The van der Waals surface area contributed by atoms with Crippen molar-refractivity contribution in [1.82, 2.24) is 4.98 Å². The van der Waals surface area contributed by atoms with E-state index in [2.05, 4.69) is 11.9 Å². The van der Waals surface area contributed by atoms with Gasteiger partial charge in [0.05, 0.1) is 0 Å². The molecule has 0 aliphatic rings. The van der Waals surface area contributed by atoms with Crippen molar-refractivity contribution in [2.45, 2.75) is 33.3 Å². The fraction of sp³-hybridized carbons (Fsp3) is 0.600. The molecule has 1 aromatic rings. The van der Waals surface area contributed by atoms with Gasteiger partial charge < -0.3 is 4.74 Å². The van der Waals surface area contributed by atoms with Crippen LogP contribution in [0.5, 0.6) is 0 Å². The van der Waals surface area contributed by atoms with Gasteiger partial charge in [0.2, 0.25) is 0 Å². The van der Waals surface area contributed by atoms with E-state index in [9.17, 15) is 4.79 Å². The second kappa shape index (κ2) is 5.22. The normalized spacial score (nSPS) is 12.8. The number of thiazole rings is 1. The molecule has 3 nitrogen and oxygen atoms in total. The molecule has 1 rings (SSSR count). The maximum Gasteiger partial charge on any atom is 0.178 e. The van der Waals surface area contributed by atoms with Gasteiger partial charge in [0.15, 0.2) is 5.78 Å². The van der Waals surface area contributed by atoms with E-state index in [1.54, 1.807) is 5.38 Å². The van der Waals surface area contributed by atoms with Crippen LogP contribution in [0.2, 0.25) is 0 Å². The Morgan fingerprint density at radius 3 is 2.79 bits per heavy atom. The molecule has 78 valence electrons. The van der Waals surface area contributed by atoms with Gasteiger partial charge in [0.25, 0.3) is 0 Å². The molecule has 1 aromatic heterocycles. The molecule has 0 spiro atoms. The summed E-state index contributed by atoms with van der Waals surface area (Å²) in [6.07, 6.45) is 0.928. The number of nitrogens with zero attached hydrogens (tertiary/aromatic N) is 1. The Bertz CT molecular complexity index is 309. The summed E-state index contributed by atoms with van der Waals surface area (Å²) in [5.74, 6) is 0.0128. The zero-order valence-electron chi connectivity index (χ0n) is 8.74. The highest BCUT2D eigenvalue weighted by Crippen LogP contribution is 2.24. The van der Waals surface area contributed by atoms with Gasteiger partial charge in [-0.15, -0.1) is 11.3 Å². The summed E-state index contributed by atoms with van der Waals surface area (Å²) in [6, 6.07) is 0. The van der Waals surface area contributed by atoms with Crippen molar-refractivity contribution in [2.75, 3.05) is 6.61 Å². The molecule has 1 atom stereocenters. The quantitative estimate of drug-likeness (QED) is 0.706. The number of hydrogen-bond donors (Lipinski definition) is 0. The number of ketones is 1. The number of hydrogen-bond acceptors (Lipinski definition) is 4. The second-order valence-corrected chi connectivity index (χ2v) is 3.87. The zero-order chi connectivity index (χ0) is 10.6. The van der Waals surface area contributed by atoms with Crippen LogP contribution in [-0.4, -0.2) is 17.4 Å². The number of aromatic nitrogens is 1. The molecule has 0 fully saturated rings. The van der Waals surface area contributed by atoms with E-state index < -0.39 is 0 Å². The smallest absolute Gasteiger partial charge is 0.178 e. The number of ether oxygens (including phenoxy) is 1. The van der Waals surface area contributed by atoms with Crippen molar-refractivity contribution in [3.8, 4) is 0 Å². The Kier molecular flexibility index (Phi) is 4.22. The third kappa shape index (κ3) is 2.62. The lowest BCUT2D eigenvalue weighted by Crippen LogP contribution is -2.03. The molecule has 0 amide bonds. The predicted molar refractivity (Wildman–Crippen MR) is 56.8 cm³/mol. The first kappa shape index (κ1) is 11.3. The summed E-state index contributed by atoms with van der Waals surface area (Å²) >= 11 is 1.49. The van der Waals surface area contributed by atoms with Crippen molar-refractivity contribution in [3.05, 3.63) is 16.1 Å². The number of rotatable bonds is 5. The molecule has 0 radical (unpaired) electrons. The Labute approximate surface area is 88.1 Å². The van der Waals surface area contributed by atoms with E-state index in [-0.39, 0.29) is 11.9 Å². The Balaban J connectivity index is 2.78. The van der Waals surface area contributed by atoms with Crippen molar-refractivity contribution < 1.29 is 9.53 Å². The van der Waals surface area contributed by atoms with E-state index in [1.165, 1.54) is 18.3 Å². The monoisotopic (exact) mass is 213 g/mol. The van der Waals surface area contributed by atoms with Crippen LogP contribution >= 0.6 is 11.3 Å². The molecule has 1 unspecified atom stereocenters. The topological polar surface area (TPSA) is 39.2 Å². The van der Waals surface area contributed by atoms with Gasteiger partial charge in [-0.2, -0.15) is 0 Å². The first-order valence-electron chi connectivity index (χ1n) is 4.77. The standard InChI is InChI=1S/C10H15NO2S/c1-4-9(13-5-2)10-11-8(6-14-10)7(3)12/h6,9H,4-5H2,1-3H3. The van der Waals surface area contributed by atoms with E-state index in [0.717, 1.165) is 11.4 Å². The summed E-state index contributed by atoms with van der Waals surface area (Å²) in [7, 11) is 0. The largest absolute Gasteiger partial charge is 0.371 e. The molecule has 4 heteroatoms. The van der Waals surface area contributed by atoms with Crippen LogP contribution in [0.25, 0.3) is 0 Å². The molecule has 0 aliphatic heterocycles. The van der Waals surface area contributed by atoms with Crippen LogP contribution < -0.4 is 0 Å². The highest BCUT2D eigenvalue weighted by Gasteiger charge is 2.14. The summed E-state index contributed by atoms with van der Waals surface area (Å²) in [5, 5.41) is 2.69. The first-order valence-corrected chi connectivity index (χ1v) is 5.65. The van der Waals surface area contributed by atoms with E-state index in [1.807, 2.05) is 6.92 Å². The second-order valence-electron chi connectivity index (χ2n) is 2.98. The predicted octanol–water partition coefficient (Wildman–Crippen LogP) is 2.83. The fourth-order valence-electron chi connectivity index (χ4n) is 1.16. The molecular weight excluding hydrogens is 198 g/mol. The van der Waals surface area contributed by atoms with Gasteiger partial charge in [-0.25, -0.2) is 4.98 Å². The summed E-state index contributed by atoms with van der Waals surface area (Å²) in [6.45, 7) is 6.21. The number of Topliss-reactive ketones (excluding diaryl/α,β-unsaturated/α-hetero) is 1. The Hall–Kier alpha value is -0.740. The van der Waals surface area contributed by atoms with E-state index in [0.29, 0.717) is 12.3 Å².